The molecule has 1 unspecified atom stereocenters. The molecule has 0 amide bonds. The van der Waals surface area contributed by atoms with Gasteiger partial charge < -0.3 is 9.84 Å². The van der Waals surface area contributed by atoms with Crippen LogP contribution < -0.4 is 0 Å². The number of aryl methyl sites for hydroxylation is 1. The van der Waals surface area contributed by atoms with Crippen molar-refractivity contribution >= 4 is 11.6 Å². The summed E-state index contributed by atoms with van der Waals surface area (Å²) in [4.78, 5) is 0. The van der Waals surface area contributed by atoms with Gasteiger partial charge in [-0.25, -0.2) is 0 Å². The predicted octanol–water partition coefficient (Wildman–Crippen LogP) is 1.94. The maximum Gasteiger partial charge on any atom is 0.110 e. The summed E-state index contributed by atoms with van der Waals surface area (Å²) in [5.74, 6) is 0. The maximum absolute atomic E-state index is 10.7. The Labute approximate surface area is 100 Å². The van der Waals surface area contributed by atoms with Crippen LogP contribution in [0.25, 0.3) is 0 Å². The summed E-state index contributed by atoms with van der Waals surface area (Å²) >= 11 is 6.12. The van der Waals surface area contributed by atoms with Gasteiger partial charge in [-0.15, -0.1) is 0 Å². The fourth-order valence-electron chi connectivity index (χ4n) is 2.24. The lowest BCUT2D eigenvalue weighted by molar-refractivity contribution is 0.00643. The van der Waals surface area contributed by atoms with Crippen molar-refractivity contribution in [2.24, 2.45) is 0 Å². The number of ether oxygens (including phenoxy) is 1. The molecule has 1 N–H and O–H groups in total. The van der Waals surface area contributed by atoms with Crippen LogP contribution in [0.5, 0.6) is 0 Å². The van der Waals surface area contributed by atoms with Crippen LogP contribution in [0.4, 0.5) is 0 Å². The highest BCUT2D eigenvalue weighted by Crippen LogP contribution is 2.36. The maximum atomic E-state index is 10.7. The molecule has 0 aromatic carbocycles. The van der Waals surface area contributed by atoms with Crippen molar-refractivity contribution in [2.75, 3.05) is 13.2 Å². The molecule has 1 aliphatic rings. The molecule has 0 bridgehead atoms. The SMILES string of the molecule is CCn1ncc(Cl)c1C1(O)CCCOCC1. The summed E-state index contributed by atoms with van der Waals surface area (Å²) in [7, 11) is 0. The Balaban J connectivity index is 2.35. The largest absolute Gasteiger partial charge is 0.383 e. The lowest BCUT2D eigenvalue weighted by Gasteiger charge is -2.27. The van der Waals surface area contributed by atoms with Gasteiger partial charge in [-0.2, -0.15) is 5.10 Å². The van der Waals surface area contributed by atoms with Crippen molar-refractivity contribution in [1.82, 2.24) is 9.78 Å². The number of halogens is 1. The number of aliphatic hydroxyl groups is 1. The summed E-state index contributed by atoms with van der Waals surface area (Å²) in [5.41, 5.74) is -0.151. The number of rotatable bonds is 2. The first kappa shape index (κ1) is 11.9. The van der Waals surface area contributed by atoms with E-state index in [4.69, 9.17) is 16.3 Å². The normalized spacial score (nSPS) is 26.7. The number of aromatic nitrogens is 2. The van der Waals surface area contributed by atoms with Crippen LogP contribution in [0.3, 0.4) is 0 Å². The van der Waals surface area contributed by atoms with E-state index < -0.39 is 5.60 Å². The molecule has 1 aromatic heterocycles. The van der Waals surface area contributed by atoms with Crippen LogP contribution in [0, 0.1) is 0 Å². The molecule has 1 saturated heterocycles. The van der Waals surface area contributed by atoms with Gasteiger partial charge in [0.25, 0.3) is 0 Å². The molecule has 0 saturated carbocycles. The number of nitrogens with zero attached hydrogens (tertiary/aromatic N) is 2. The van der Waals surface area contributed by atoms with Crippen LogP contribution >= 0.6 is 11.6 Å². The third kappa shape index (κ3) is 2.10. The lowest BCUT2D eigenvalue weighted by atomic mass is 9.91. The first-order valence-electron chi connectivity index (χ1n) is 5.69. The Hall–Kier alpha value is -0.580. The molecule has 1 aromatic rings. The molecule has 5 heteroatoms. The minimum Gasteiger partial charge on any atom is -0.383 e. The predicted molar refractivity (Wildman–Crippen MR) is 61.5 cm³/mol. The van der Waals surface area contributed by atoms with E-state index in [1.807, 2.05) is 6.92 Å². The van der Waals surface area contributed by atoms with Crippen molar-refractivity contribution in [2.45, 2.75) is 38.3 Å². The Kier molecular flexibility index (Phi) is 3.52. The van der Waals surface area contributed by atoms with Gasteiger partial charge >= 0.3 is 0 Å². The van der Waals surface area contributed by atoms with E-state index in [0.29, 0.717) is 37.6 Å². The molecular weight excluding hydrogens is 228 g/mol. The summed E-state index contributed by atoms with van der Waals surface area (Å²) in [6, 6.07) is 0. The summed E-state index contributed by atoms with van der Waals surface area (Å²) in [5, 5.41) is 15.4. The minimum atomic E-state index is -0.889. The van der Waals surface area contributed by atoms with Gasteiger partial charge in [-0.3, -0.25) is 4.68 Å². The van der Waals surface area contributed by atoms with Crippen LogP contribution in [0.2, 0.25) is 5.02 Å². The standard InChI is InChI=1S/C11H17ClN2O2/c1-2-14-10(9(12)8-13-14)11(15)4-3-6-16-7-5-11/h8,15H,2-7H2,1H3. The average Bonchev–Trinajstić information content (AvgIpc) is 2.51. The van der Waals surface area contributed by atoms with E-state index in [1.165, 1.54) is 0 Å². The molecule has 90 valence electrons. The van der Waals surface area contributed by atoms with Crippen LogP contribution in [-0.4, -0.2) is 28.1 Å². The summed E-state index contributed by atoms with van der Waals surface area (Å²) in [6.45, 7) is 3.98. The van der Waals surface area contributed by atoms with Crippen LogP contribution in [-0.2, 0) is 16.9 Å². The molecule has 0 spiro atoms. The van der Waals surface area contributed by atoms with Crippen molar-refractivity contribution in [1.29, 1.82) is 0 Å². The van der Waals surface area contributed by atoms with Gasteiger partial charge in [0.2, 0.25) is 0 Å². The molecule has 2 heterocycles. The van der Waals surface area contributed by atoms with E-state index in [1.54, 1.807) is 10.9 Å². The molecule has 1 fully saturated rings. The molecule has 4 nitrogen and oxygen atoms in total. The Bertz CT molecular complexity index is 357. The summed E-state index contributed by atoms with van der Waals surface area (Å²) in [6.07, 6.45) is 3.71. The lowest BCUT2D eigenvalue weighted by Crippen LogP contribution is -2.29. The van der Waals surface area contributed by atoms with Gasteiger partial charge in [-0.1, -0.05) is 11.6 Å². The van der Waals surface area contributed by atoms with Gasteiger partial charge in [-0.05, 0) is 19.8 Å². The quantitative estimate of drug-likeness (QED) is 0.865. The van der Waals surface area contributed by atoms with E-state index in [-0.39, 0.29) is 0 Å². The molecule has 0 radical (unpaired) electrons. The monoisotopic (exact) mass is 244 g/mol. The second-order valence-electron chi connectivity index (χ2n) is 4.15. The molecule has 0 aliphatic carbocycles. The highest BCUT2D eigenvalue weighted by molar-refractivity contribution is 6.31. The zero-order valence-electron chi connectivity index (χ0n) is 9.45. The second kappa shape index (κ2) is 4.73. The molecule has 1 atom stereocenters. The van der Waals surface area contributed by atoms with E-state index in [9.17, 15) is 5.11 Å². The molecular formula is C11H17ClN2O2. The fourth-order valence-corrected chi connectivity index (χ4v) is 2.55. The number of hydrogen-bond acceptors (Lipinski definition) is 3. The Morgan fingerprint density at radius 3 is 3.12 bits per heavy atom. The Morgan fingerprint density at radius 1 is 1.56 bits per heavy atom. The molecule has 16 heavy (non-hydrogen) atoms. The highest BCUT2D eigenvalue weighted by atomic mass is 35.5. The third-order valence-electron chi connectivity index (χ3n) is 3.07. The van der Waals surface area contributed by atoms with Gasteiger partial charge in [0, 0.05) is 26.2 Å². The first-order valence-corrected chi connectivity index (χ1v) is 6.07. The van der Waals surface area contributed by atoms with Crippen molar-refractivity contribution in [3.8, 4) is 0 Å². The first-order chi connectivity index (χ1) is 7.67. The zero-order valence-corrected chi connectivity index (χ0v) is 10.2. The van der Waals surface area contributed by atoms with Gasteiger partial charge in [0.15, 0.2) is 0 Å². The van der Waals surface area contributed by atoms with Crippen molar-refractivity contribution in [3.63, 3.8) is 0 Å². The smallest absolute Gasteiger partial charge is 0.110 e. The minimum absolute atomic E-state index is 0.547. The highest BCUT2D eigenvalue weighted by Gasteiger charge is 2.35. The molecule has 1 aliphatic heterocycles. The molecule has 2 rings (SSSR count). The second-order valence-corrected chi connectivity index (χ2v) is 4.56. The third-order valence-corrected chi connectivity index (χ3v) is 3.35. The topological polar surface area (TPSA) is 47.3 Å². The fraction of sp³-hybridized carbons (Fsp3) is 0.727. The number of hydrogen-bond donors (Lipinski definition) is 1. The van der Waals surface area contributed by atoms with Crippen LogP contribution in [0.15, 0.2) is 6.20 Å². The van der Waals surface area contributed by atoms with Gasteiger partial charge in [0.05, 0.1) is 16.9 Å². The zero-order chi connectivity index (χ0) is 11.6. The average molecular weight is 245 g/mol. The van der Waals surface area contributed by atoms with Gasteiger partial charge in [0.1, 0.15) is 5.60 Å². The van der Waals surface area contributed by atoms with Crippen molar-refractivity contribution < 1.29 is 9.84 Å². The van der Waals surface area contributed by atoms with Crippen LogP contribution in [0.1, 0.15) is 31.9 Å². The van der Waals surface area contributed by atoms with E-state index in [2.05, 4.69) is 5.10 Å². The van der Waals surface area contributed by atoms with E-state index in [0.717, 1.165) is 12.1 Å². The Morgan fingerprint density at radius 2 is 2.38 bits per heavy atom. The van der Waals surface area contributed by atoms with E-state index >= 15 is 0 Å². The summed E-state index contributed by atoms with van der Waals surface area (Å²) < 4.78 is 7.14. The van der Waals surface area contributed by atoms with Crippen molar-refractivity contribution in [3.05, 3.63) is 16.9 Å².